The van der Waals surface area contributed by atoms with E-state index in [1.165, 1.54) is 0 Å². The van der Waals surface area contributed by atoms with Gasteiger partial charge in [-0.15, -0.1) is 0 Å². The zero-order valence-electron chi connectivity index (χ0n) is 13.3. The van der Waals surface area contributed by atoms with Gasteiger partial charge < -0.3 is 10.5 Å². The second-order valence-corrected chi connectivity index (χ2v) is 8.55. The molecule has 0 saturated carbocycles. The summed E-state index contributed by atoms with van der Waals surface area (Å²) in [4.78, 5) is 23.9. The van der Waals surface area contributed by atoms with Gasteiger partial charge in [-0.2, -0.15) is 0 Å². The lowest BCUT2D eigenvalue weighted by atomic mass is 9.92. The molecule has 2 aliphatic rings. The van der Waals surface area contributed by atoms with Gasteiger partial charge in [0.2, 0.25) is 0 Å². The topological polar surface area (TPSA) is 72.6 Å². The number of cyclic esters (lactones) is 1. The number of nitrogens with zero attached hydrogens (tertiary/aromatic N) is 1. The lowest BCUT2D eigenvalue weighted by Crippen LogP contribution is -2.32. The summed E-state index contributed by atoms with van der Waals surface area (Å²) < 4.78 is 33.8. The van der Waals surface area contributed by atoms with Crippen LogP contribution in [0.2, 0.25) is 0 Å². The average molecular weight is 357 g/mol. The van der Waals surface area contributed by atoms with E-state index in [2.05, 4.69) is 6.26 Å². The van der Waals surface area contributed by atoms with Gasteiger partial charge in [0.15, 0.2) is 6.10 Å². The fourth-order valence-electron chi connectivity index (χ4n) is 3.16. The Labute approximate surface area is 141 Å². The molecule has 2 amide bonds. The second-order valence-electron chi connectivity index (χ2n) is 6.17. The normalized spacial score (nSPS) is 27.2. The van der Waals surface area contributed by atoms with E-state index in [0.29, 0.717) is 10.9 Å². The Morgan fingerprint density at radius 3 is 2.38 bits per heavy atom. The maximum Gasteiger partial charge on any atom is 0.415 e. The van der Waals surface area contributed by atoms with Crippen molar-refractivity contribution in [3.05, 3.63) is 29.3 Å². The number of anilines is 1. The third-order valence-electron chi connectivity index (χ3n) is 4.54. The SMILES string of the molecule is C[S+]1CCC(c2c(F)cc(N3C[C@H](C(N)=O)OC3=O)cc2F)CC1. The Kier molecular flexibility index (Phi) is 4.67. The van der Waals surface area contributed by atoms with Crippen molar-refractivity contribution in [2.75, 3.05) is 29.2 Å². The molecular weight excluding hydrogens is 338 g/mol. The summed E-state index contributed by atoms with van der Waals surface area (Å²) in [5.74, 6) is -0.299. The molecule has 2 N–H and O–H groups in total. The number of carbonyl (C=O) groups excluding carboxylic acids is 2. The summed E-state index contributed by atoms with van der Waals surface area (Å²) >= 11 is 0. The molecule has 0 spiro atoms. The van der Waals surface area contributed by atoms with Crippen LogP contribution in [0.25, 0.3) is 0 Å². The van der Waals surface area contributed by atoms with Gasteiger partial charge in [0.05, 0.1) is 18.5 Å². The highest BCUT2D eigenvalue weighted by molar-refractivity contribution is 7.96. The van der Waals surface area contributed by atoms with Crippen LogP contribution in [-0.4, -0.2) is 42.4 Å². The van der Waals surface area contributed by atoms with Crippen LogP contribution in [0.5, 0.6) is 0 Å². The molecule has 8 heteroatoms. The predicted molar refractivity (Wildman–Crippen MR) is 88.2 cm³/mol. The molecule has 0 unspecified atom stereocenters. The van der Waals surface area contributed by atoms with Gasteiger partial charge in [-0.1, -0.05) is 0 Å². The van der Waals surface area contributed by atoms with Gasteiger partial charge in [0.1, 0.15) is 23.1 Å². The number of benzene rings is 1. The summed E-state index contributed by atoms with van der Waals surface area (Å²) in [6, 6.07) is 2.26. The number of rotatable bonds is 3. The number of nitrogens with two attached hydrogens (primary N) is 1. The molecule has 0 radical (unpaired) electrons. The minimum absolute atomic E-state index is 0.0357. The minimum Gasteiger partial charge on any atom is -0.434 e. The fourth-order valence-corrected chi connectivity index (χ4v) is 4.74. The minimum atomic E-state index is -1.11. The highest BCUT2D eigenvalue weighted by atomic mass is 32.2. The Morgan fingerprint density at radius 1 is 1.29 bits per heavy atom. The Hall–Kier alpha value is -1.83. The van der Waals surface area contributed by atoms with Crippen LogP contribution in [0.4, 0.5) is 19.3 Å². The van der Waals surface area contributed by atoms with Gasteiger partial charge in [-0.25, -0.2) is 13.6 Å². The van der Waals surface area contributed by atoms with E-state index in [0.717, 1.165) is 41.4 Å². The van der Waals surface area contributed by atoms with E-state index in [4.69, 9.17) is 10.5 Å². The molecular formula is C16H19F2N2O3S+. The molecule has 2 heterocycles. The number of hydrogen-bond acceptors (Lipinski definition) is 3. The van der Waals surface area contributed by atoms with Crippen LogP contribution in [0.1, 0.15) is 24.3 Å². The Bertz CT molecular complexity index is 654. The van der Waals surface area contributed by atoms with Gasteiger partial charge in [-0.05, 0) is 41.8 Å². The van der Waals surface area contributed by atoms with Crippen LogP contribution in [0, 0.1) is 11.6 Å². The molecule has 24 heavy (non-hydrogen) atoms. The molecule has 5 nitrogen and oxygen atoms in total. The Morgan fingerprint density at radius 2 is 1.88 bits per heavy atom. The summed E-state index contributed by atoms with van der Waals surface area (Å²) in [5, 5.41) is 0. The van der Waals surface area contributed by atoms with E-state index >= 15 is 0 Å². The molecule has 1 aromatic rings. The van der Waals surface area contributed by atoms with Crippen molar-refractivity contribution in [3.63, 3.8) is 0 Å². The van der Waals surface area contributed by atoms with Crippen LogP contribution in [-0.2, 0) is 20.4 Å². The van der Waals surface area contributed by atoms with E-state index < -0.39 is 29.7 Å². The lowest BCUT2D eigenvalue weighted by molar-refractivity contribution is -0.124. The summed E-state index contributed by atoms with van der Waals surface area (Å²) in [7, 11) is 0.324. The smallest absolute Gasteiger partial charge is 0.415 e. The second kappa shape index (κ2) is 6.58. The summed E-state index contributed by atoms with van der Waals surface area (Å²) in [5.41, 5.74) is 5.23. The third kappa shape index (κ3) is 3.19. The number of amides is 2. The van der Waals surface area contributed by atoms with Crippen molar-refractivity contribution in [2.24, 2.45) is 5.73 Å². The number of halogens is 2. The number of ether oxygens (including phenoxy) is 1. The van der Waals surface area contributed by atoms with Crippen LogP contribution >= 0.6 is 0 Å². The first-order chi connectivity index (χ1) is 11.4. The van der Waals surface area contributed by atoms with Crippen LogP contribution < -0.4 is 10.6 Å². The molecule has 2 saturated heterocycles. The average Bonchev–Trinajstić information content (AvgIpc) is 2.90. The predicted octanol–water partition coefficient (Wildman–Crippen LogP) is 1.90. The van der Waals surface area contributed by atoms with Gasteiger partial charge in [0.25, 0.3) is 5.91 Å². The molecule has 0 aromatic heterocycles. The zero-order chi connectivity index (χ0) is 17.4. The van der Waals surface area contributed by atoms with Crippen LogP contribution in [0.3, 0.4) is 0 Å². The number of hydrogen-bond donors (Lipinski definition) is 1. The first-order valence-electron chi connectivity index (χ1n) is 7.72. The maximum atomic E-state index is 14.5. The van der Waals surface area contributed by atoms with Crippen LogP contribution in [0.15, 0.2) is 12.1 Å². The van der Waals surface area contributed by atoms with Gasteiger partial charge >= 0.3 is 6.09 Å². The Balaban J connectivity index is 1.85. The van der Waals surface area contributed by atoms with E-state index in [-0.39, 0.29) is 23.7 Å². The van der Waals surface area contributed by atoms with E-state index in [1.807, 2.05) is 0 Å². The molecule has 2 fully saturated rings. The third-order valence-corrected chi connectivity index (χ3v) is 6.41. The number of primary amides is 1. The summed E-state index contributed by atoms with van der Waals surface area (Å²) in [6.07, 6.45) is 1.76. The van der Waals surface area contributed by atoms with Gasteiger partial charge in [-0.3, -0.25) is 9.69 Å². The molecule has 3 rings (SSSR count). The maximum absolute atomic E-state index is 14.5. The highest BCUT2D eigenvalue weighted by Gasteiger charge is 2.37. The monoisotopic (exact) mass is 357 g/mol. The highest BCUT2D eigenvalue weighted by Crippen LogP contribution is 2.35. The summed E-state index contributed by atoms with van der Waals surface area (Å²) in [6.45, 7) is -0.144. The lowest BCUT2D eigenvalue weighted by Gasteiger charge is -2.23. The largest absolute Gasteiger partial charge is 0.434 e. The first kappa shape index (κ1) is 17.0. The van der Waals surface area contributed by atoms with Crippen molar-refractivity contribution < 1.29 is 23.1 Å². The molecule has 2 aliphatic heterocycles. The van der Waals surface area contributed by atoms with Crippen molar-refractivity contribution >= 4 is 28.6 Å². The van der Waals surface area contributed by atoms with E-state index in [1.54, 1.807) is 0 Å². The fraction of sp³-hybridized carbons (Fsp3) is 0.500. The van der Waals surface area contributed by atoms with Crippen molar-refractivity contribution in [2.45, 2.75) is 24.9 Å². The number of carbonyl (C=O) groups is 2. The van der Waals surface area contributed by atoms with Crippen molar-refractivity contribution in [3.8, 4) is 0 Å². The standard InChI is InChI=1S/C16H18F2N2O3S/c1-24-4-2-9(3-5-24)14-11(17)6-10(7-12(14)18)20-8-13(15(19)21)23-16(20)22/h6-7,9,13H,2-5,8H2,1H3,(H-,19,21)/p+1/t9?,13-,24?/m1/s1. The molecule has 130 valence electrons. The van der Waals surface area contributed by atoms with E-state index in [9.17, 15) is 18.4 Å². The molecule has 0 bridgehead atoms. The quantitative estimate of drug-likeness (QED) is 0.840. The molecule has 1 aromatic carbocycles. The molecule has 1 atom stereocenters. The van der Waals surface area contributed by atoms with Crippen molar-refractivity contribution in [1.29, 1.82) is 0 Å². The van der Waals surface area contributed by atoms with Crippen molar-refractivity contribution in [1.82, 2.24) is 0 Å². The first-order valence-corrected chi connectivity index (χ1v) is 9.69. The zero-order valence-corrected chi connectivity index (χ0v) is 14.1. The molecule has 0 aliphatic carbocycles. The van der Waals surface area contributed by atoms with Gasteiger partial charge in [0, 0.05) is 5.56 Å².